The first kappa shape index (κ1) is 11.8. The summed E-state index contributed by atoms with van der Waals surface area (Å²) in [5.74, 6) is -1.26. The van der Waals surface area contributed by atoms with Gasteiger partial charge in [-0.2, -0.15) is 0 Å². The number of carbonyl (C=O) groups is 1. The lowest BCUT2D eigenvalue weighted by atomic mass is 10.1. The number of benzene rings is 1. The summed E-state index contributed by atoms with van der Waals surface area (Å²) in [6.07, 6.45) is 0. The summed E-state index contributed by atoms with van der Waals surface area (Å²) in [5, 5.41) is 0. The molecule has 14 heavy (non-hydrogen) atoms. The molecule has 0 heterocycles. The summed E-state index contributed by atoms with van der Waals surface area (Å²) >= 11 is 16.1. The number of carbonyl (C=O) groups excluding carboxylic acids is 1. The lowest BCUT2D eigenvalue weighted by Crippen LogP contribution is -2.19. The molecule has 1 nitrogen and oxygen atoms in total. The number of halogens is 4. The third kappa shape index (κ3) is 2.84. The van der Waals surface area contributed by atoms with E-state index in [1.54, 1.807) is 6.92 Å². The van der Waals surface area contributed by atoms with Gasteiger partial charge in [-0.3, -0.25) is 4.79 Å². The molecule has 0 unspecified atom stereocenters. The van der Waals surface area contributed by atoms with Crippen LogP contribution in [0.1, 0.15) is 15.9 Å². The Labute approximate surface area is 95.8 Å². The Hall–Kier alpha value is -0.310. The SMILES string of the molecule is Cc1cc(F)cc(C(=O)C(Cl)(Cl)Cl)c1. The van der Waals surface area contributed by atoms with E-state index in [-0.39, 0.29) is 5.56 Å². The molecule has 0 amide bonds. The van der Waals surface area contributed by atoms with Gasteiger partial charge in [-0.05, 0) is 30.7 Å². The molecule has 0 N–H and O–H groups in total. The van der Waals surface area contributed by atoms with Gasteiger partial charge in [0.2, 0.25) is 5.78 Å². The summed E-state index contributed by atoms with van der Waals surface area (Å²) in [6.45, 7) is 1.65. The molecule has 0 aliphatic rings. The van der Waals surface area contributed by atoms with Crippen molar-refractivity contribution < 1.29 is 9.18 Å². The van der Waals surface area contributed by atoms with Crippen LogP contribution in [0.2, 0.25) is 0 Å². The van der Waals surface area contributed by atoms with Crippen molar-refractivity contribution >= 4 is 40.6 Å². The largest absolute Gasteiger partial charge is 0.289 e. The molecular weight excluding hydrogens is 249 g/mol. The van der Waals surface area contributed by atoms with Crippen molar-refractivity contribution in [2.24, 2.45) is 0 Å². The predicted molar refractivity (Wildman–Crippen MR) is 55.8 cm³/mol. The first-order valence-corrected chi connectivity index (χ1v) is 4.83. The summed E-state index contributed by atoms with van der Waals surface area (Å²) in [6, 6.07) is 3.79. The Kier molecular flexibility index (Phi) is 3.40. The van der Waals surface area contributed by atoms with Crippen LogP contribution < -0.4 is 0 Å². The molecule has 0 spiro atoms. The number of hydrogen-bond acceptors (Lipinski definition) is 1. The number of rotatable bonds is 1. The van der Waals surface area contributed by atoms with E-state index in [0.29, 0.717) is 5.56 Å². The maximum Gasteiger partial charge on any atom is 0.253 e. The molecule has 1 rings (SSSR count). The highest BCUT2D eigenvalue weighted by Gasteiger charge is 2.31. The first-order valence-electron chi connectivity index (χ1n) is 3.69. The second-order valence-electron chi connectivity index (χ2n) is 2.84. The molecule has 1 aromatic carbocycles. The van der Waals surface area contributed by atoms with Crippen LogP contribution in [0.15, 0.2) is 18.2 Å². The minimum Gasteiger partial charge on any atom is -0.289 e. The van der Waals surface area contributed by atoms with Crippen molar-refractivity contribution in [3.63, 3.8) is 0 Å². The zero-order valence-corrected chi connectivity index (χ0v) is 9.42. The molecule has 1 aromatic rings. The van der Waals surface area contributed by atoms with E-state index in [1.165, 1.54) is 12.1 Å². The van der Waals surface area contributed by atoms with E-state index in [9.17, 15) is 9.18 Å². The minimum atomic E-state index is -2.04. The van der Waals surface area contributed by atoms with Gasteiger partial charge in [0.05, 0.1) is 0 Å². The summed E-state index contributed by atoms with van der Waals surface area (Å²) in [7, 11) is 0. The van der Waals surface area contributed by atoms with E-state index < -0.39 is 15.4 Å². The monoisotopic (exact) mass is 254 g/mol. The number of hydrogen-bond donors (Lipinski definition) is 0. The van der Waals surface area contributed by atoms with Crippen LogP contribution in [0.3, 0.4) is 0 Å². The number of alkyl halides is 3. The molecule has 0 radical (unpaired) electrons. The zero-order chi connectivity index (χ0) is 10.9. The van der Waals surface area contributed by atoms with E-state index in [4.69, 9.17) is 34.8 Å². The van der Waals surface area contributed by atoms with Crippen molar-refractivity contribution in [3.8, 4) is 0 Å². The molecule has 0 saturated carbocycles. The summed E-state index contributed by atoms with van der Waals surface area (Å²) in [5.41, 5.74) is 0.658. The zero-order valence-electron chi connectivity index (χ0n) is 7.15. The molecule has 0 aromatic heterocycles. The van der Waals surface area contributed by atoms with Crippen LogP contribution in [0.5, 0.6) is 0 Å². The lowest BCUT2D eigenvalue weighted by Gasteiger charge is -2.09. The summed E-state index contributed by atoms with van der Waals surface area (Å²) < 4.78 is 10.9. The molecule has 0 aliphatic heterocycles. The highest BCUT2D eigenvalue weighted by Crippen LogP contribution is 2.30. The summed E-state index contributed by atoms with van der Waals surface area (Å²) in [4.78, 5) is 11.4. The van der Waals surface area contributed by atoms with E-state index in [0.717, 1.165) is 6.07 Å². The van der Waals surface area contributed by atoms with Crippen LogP contribution in [-0.2, 0) is 0 Å². The Morgan fingerprint density at radius 1 is 1.29 bits per heavy atom. The Bertz CT molecular complexity index is 351. The van der Waals surface area contributed by atoms with Crippen molar-refractivity contribution in [2.75, 3.05) is 0 Å². The van der Waals surface area contributed by atoms with Gasteiger partial charge >= 0.3 is 0 Å². The molecular formula is C9H6Cl3FO. The fourth-order valence-electron chi connectivity index (χ4n) is 1.03. The number of aryl methyl sites for hydroxylation is 1. The highest BCUT2D eigenvalue weighted by molar-refractivity contribution is 6.77. The van der Waals surface area contributed by atoms with E-state index >= 15 is 0 Å². The molecule has 5 heteroatoms. The predicted octanol–water partition coefficient (Wildman–Crippen LogP) is 3.69. The smallest absolute Gasteiger partial charge is 0.253 e. The van der Waals surface area contributed by atoms with Crippen LogP contribution in [0, 0.1) is 12.7 Å². The van der Waals surface area contributed by atoms with Gasteiger partial charge in [-0.1, -0.05) is 34.8 Å². The maximum atomic E-state index is 12.9. The molecule has 76 valence electrons. The molecule has 0 atom stereocenters. The molecule has 0 saturated heterocycles. The maximum absolute atomic E-state index is 12.9. The van der Waals surface area contributed by atoms with Gasteiger partial charge in [0.15, 0.2) is 0 Å². The highest BCUT2D eigenvalue weighted by atomic mass is 35.6. The van der Waals surface area contributed by atoms with Gasteiger partial charge in [-0.15, -0.1) is 0 Å². The molecule has 0 bridgehead atoms. The number of Topliss-reactive ketones (excluding diaryl/α,β-unsaturated/α-hetero) is 1. The standard InChI is InChI=1S/C9H6Cl3FO/c1-5-2-6(4-7(13)3-5)8(14)9(10,11)12/h2-4H,1H3. The van der Waals surface area contributed by atoms with Crippen LogP contribution in [-0.4, -0.2) is 9.58 Å². The molecule has 0 aliphatic carbocycles. The average molecular weight is 256 g/mol. The van der Waals surface area contributed by atoms with Crippen LogP contribution in [0.25, 0.3) is 0 Å². The molecule has 0 fully saturated rings. The van der Waals surface area contributed by atoms with Gasteiger partial charge in [0.25, 0.3) is 3.79 Å². The van der Waals surface area contributed by atoms with Gasteiger partial charge in [0.1, 0.15) is 5.82 Å². The lowest BCUT2D eigenvalue weighted by molar-refractivity contribution is 0.0996. The van der Waals surface area contributed by atoms with Gasteiger partial charge < -0.3 is 0 Å². The first-order chi connectivity index (χ1) is 6.30. The van der Waals surface area contributed by atoms with Crippen molar-refractivity contribution in [3.05, 3.63) is 35.1 Å². The van der Waals surface area contributed by atoms with Crippen LogP contribution >= 0.6 is 34.8 Å². The minimum absolute atomic E-state index is 0.0579. The Balaban J connectivity index is 3.14. The van der Waals surface area contributed by atoms with Gasteiger partial charge in [0, 0.05) is 5.56 Å². The topological polar surface area (TPSA) is 17.1 Å². The van der Waals surface area contributed by atoms with Crippen molar-refractivity contribution in [1.82, 2.24) is 0 Å². The van der Waals surface area contributed by atoms with E-state index in [1.807, 2.05) is 0 Å². The fraction of sp³-hybridized carbons (Fsp3) is 0.222. The Morgan fingerprint density at radius 2 is 1.86 bits per heavy atom. The second kappa shape index (κ2) is 4.05. The third-order valence-corrected chi connectivity index (χ3v) is 2.08. The average Bonchev–Trinajstić information content (AvgIpc) is 1.99. The van der Waals surface area contributed by atoms with Crippen molar-refractivity contribution in [1.29, 1.82) is 0 Å². The van der Waals surface area contributed by atoms with Crippen LogP contribution in [0.4, 0.5) is 4.39 Å². The normalized spacial score (nSPS) is 11.5. The van der Waals surface area contributed by atoms with E-state index in [2.05, 4.69) is 0 Å². The number of ketones is 1. The van der Waals surface area contributed by atoms with Crippen molar-refractivity contribution in [2.45, 2.75) is 10.7 Å². The second-order valence-corrected chi connectivity index (χ2v) is 5.13. The van der Waals surface area contributed by atoms with Gasteiger partial charge in [-0.25, -0.2) is 4.39 Å². The quantitative estimate of drug-likeness (QED) is 0.552. The third-order valence-electron chi connectivity index (χ3n) is 1.56. The fourth-order valence-corrected chi connectivity index (χ4v) is 1.36. The Morgan fingerprint density at radius 3 is 2.29 bits per heavy atom.